The van der Waals surface area contributed by atoms with E-state index in [0.717, 1.165) is 16.3 Å². The molecule has 2 aromatic carbocycles. The highest BCUT2D eigenvalue weighted by molar-refractivity contribution is 5.87. The smallest absolute Gasteiger partial charge is 0.315 e. The highest BCUT2D eigenvalue weighted by atomic mass is 16.3. The van der Waals surface area contributed by atoms with E-state index in [2.05, 4.69) is 28.8 Å². The van der Waals surface area contributed by atoms with Crippen LogP contribution in [0.4, 0.5) is 4.79 Å². The van der Waals surface area contributed by atoms with Crippen LogP contribution in [0.2, 0.25) is 0 Å². The largest absolute Gasteiger partial charge is 0.467 e. The molecule has 0 aliphatic carbocycles. The second kappa shape index (κ2) is 7.53. The second-order valence-electron chi connectivity index (χ2n) is 6.72. The summed E-state index contributed by atoms with van der Waals surface area (Å²) in [5.74, 6) is 0.740. The molecule has 1 aromatic heterocycles. The summed E-state index contributed by atoms with van der Waals surface area (Å²) in [6, 6.07) is 17.4. The number of fused-ring (bicyclic) bond motifs is 1. The molecule has 1 aliphatic rings. The van der Waals surface area contributed by atoms with Crippen molar-refractivity contribution in [3.8, 4) is 0 Å². The van der Waals surface area contributed by atoms with Crippen LogP contribution in [0.1, 0.15) is 17.7 Å². The van der Waals surface area contributed by atoms with Crippen LogP contribution in [-0.4, -0.2) is 29.4 Å². The lowest BCUT2D eigenvalue weighted by atomic mass is 10.0. The quantitative estimate of drug-likeness (QED) is 0.732. The molecule has 3 amide bonds. The number of benzene rings is 2. The second-order valence-corrected chi connectivity index (χ2v) is 6.72. The van der Waals surface area contributed by atoms with Crippen molar-refractivity contribution < 1.29 is 14.0 Å². The first-order chi connectivity index (χ1) is 13.2. The van der Waals surface area contributed by atoms with Gasteiger partial charge < -0.3 is 20.0 Å². The highest BCUT2D eigenvalue weighted by Crippen LogP contribution is 2.22. The maximum atomic E-state index is 12.4. The zero-order valence-corrected chi connectivity index (χ0v) is 14.9. The minimum Gasteiger partial charge on any atom is -0.467 e. The van der Waals surface area contributed by atoms with Gasteiger partial charge in [0.05, 0.1) is 18.8 Å². The Morgan fingerprint density at radius 1 is 1.11 bits per heavy atom. The lowest BCUT2D eigenvalue weighted by molar-refractivity contribution is -0.128. The molecule has 4 rings (SSSR count). The van der Waals surface area contributed by atoms with Crippen molar-refractivity contribution in [3.05, 3.63) is 72.2 Å². The number of hydrogen-bond acceptors (Lipinski definition) is 3. The first-order valence-electron chi connectivity index (χ1n) is 9.00. The molecule has 2 N–H and O–H groups in total. The predicted octanol–water partition coefficient (Wildman–Crippen LogP) is 3.03. The van der Waals surface area contributed by atoms with Gasteiger partial charge in [0.25, 0.3) is 0 Å². The van der Waals surface area contributed by atoms with E-state index in [0.29, 0.717) is 31.8 Å². The standard InChI is InChI=1S/C21H21N3O3/c25-20-11-17(23-21(26)22-12-18-8-4-10-27-18)14-24(20)13-16-7-3-6-15-5-1-2-9-19(15)16/h1-10,17H,11-14H2,(H2,22,23,26)/t17-/m0/s1. The Bertz CT molecular complexity index is 947. The molecule has 0 saturated carbocycles. The fourth-order valence-electron chi connectivity index (χ4n) is 3.47. The fourth-order valence-corrected chi connectivity index (χ4v) is 3.47. The van der Waals surface area contributed by atoms with Crippen LogP contribution in [0.5, 0.6) is 0 Å². The van der Waals surface area contributed by atoms with Gasteiger partial charge in [0, 0.05) is 19.5 Å². The number of nitrogens with one attached hydrogen (secondary N) is 2. The van der Waals surface area contributed by atoms with E-state index in [4.69, 9.17) is 4.42 Å². The lowest BCUT2D eigenvalue weighted by Crippen LogP contribution is -2.43. The van der Waals surface area contributed by atoms with Gasteiger partial charge >= 0.3 is 6.03 Å². The first kappa shape index (κ1) is 17.1. The number of nitrogens with zero attached hydrogens (tertiary/aromatic N) is 1. The van der Waals surface area contributed by atoms with E-state index >= 15 is 0 Å². The Morgan fingerprint density at radius 3 is 2.81 bits per heavy atom. The van der Waals surface area contributed by atoms with E-state index in [1.54, 1.807) is 23.3 Å². The van der Waals surface area contributed by atoms with Gasteiger partial charge in [-0.15, -0.1) is 0 Å². The number of rotatable bonds is 5. The Hall–Kier alpha value is -3.28. The summed E-state index contributed by atoms with van der Waals surface area (Å²) in [7, 11) is 0. The predicted molar refractivity (Wildman–Crippen MR) is 102 cm³/mol. The van der Waals surface area contributed by atoms with Crippen molar-refractivity contribution in [1.82, 2.24) is 15.5 Å². The SMILES string of the molecule is O=C(NCc1ccco1)N[C@H]1CC(=O)N(Cc2cccc3ccccc23)C1. The van der Waals surface area contributed by atoms with Crippen LogP contribution in [0.3, 0.4) is 0 Å². The van der Waals surface area contributed by atoms with Gasteiger partial charge in [-0.3, -0.25) is 4.79 Å². The van der Waals surface area contributed by atoms with E-state index in [1.807, 2.05) is 24.3 Å². The summed E-state index contributed by atoms with van der Waals surface area (Å²) in [5.41, 5.74) is 1.12. The van der Waals surface area contributed by atoms with Crippen molar-refractivity contribution in [2.24, 2.45) is 0 Å². The first-order valence-corrected chi connectivity index (χ1v) is 9.00. The molecule has 27 heavy (non-hydrogen) atoms. The van der Waals surface area contributed by atoms with Crippen LogP contribution < -0.4 is 10.6 Å². The van der Waals surface area contributed by atoms with Crippen LogP contribution in [0, 0.1) is 0 Å². The molecular weight excluding hydrogens is 342 g/mol. The minimum atomic E-state index is -0.295. The summed E-state index contributed by atoms with van der Waals surface area (Å²) in [4.78, 5) is 26.2. The fraction of sp³-hybridized carbons (Fsp3) is 0.238. The van der Waals surface area contributed by atoms with Crippen molar-refractivity contribution >= 4 is 22.7 Å². The van der Waals surface area contributed by atoms with Gasteiger partial charge in [-0.2, -0.15) is 0 Å². The van der Waals surface area contributed by atoms with E-state index in [1.165, 1.54) is 0 Å². The summed E-state index contributed by atoms with van der Waals surface area (Å²) >= 11 is 0. The third kappa shape index (κ3) is 3.95. The van der Waals surface area contributed by atoms with Gasteiger partial charge in [0.2, 0.25) is 5.91 Å². The normalized spacial score (nSPS) is 16.7. The topological polar surface area (TPSA) is 74.6 Å². The van der Waals surface area contributed by atoms with Gasteiger partial charge in [0.15, 0.2) is 0 Å². The number of furan rings is 1. The number of likely N-dealkylation sites (tertiary alicyclic amines) is 1. The van der Waals surface area contributed by atoms with Crippen molar-refractivity contribution in [1.29, 1.82) is 0 Å². The molecule has 6 nitrogen and oxygen atoms in total. The monoisotopic (exact) mass is 363 g/mol. The lowest BCUT2D eigenvalue weighted by Gasteiger charge is -2.18. The van der Waals surface area contributed by atoms with Gasteiger partial charge in [-0.05, 0) is 28.5 Å². The van der Waals surface area contributed by atoms with Crippen molar-refractivity contribution in [2.45, 2.75) is 25.6 Å². The molecule has 2 heterocycles. The zero-order chi connectivity index (χ0) is 18.6. The highest BCUT2D eigenvalue weighted by Gasteiger charge is 2.30. The maximum absolute atomic E-state index is 12.4. The summed E-state index contributed by atoms with van der Waals surface area (Å²) < 4.78 is 5.18. The van der Waals surface area contributed by atoms with Crippen LogP contribution >= 0.6 is 0 Å². The number of carbonyl (C=O) groups excluding carboxylic acids is 2. The summed E-state index contributed by atoms with van der Waals surface area (Å²) in [6.45, 7) is 1.38. The molecule has 0 spiro atoms. The molecule has 0 unspecified atom stereocenters. The van der Waals surface area contributed by atoms with Gasteiger partial charge in [0.1, 0.15) is 5.76 Å². The molecule has 0 radical (unpaired) electrons. The molecule has 3 aromatic rings. The van der Waals surface area contributed by atoms with Crippen LogP contribution in [0.15, 0.2) is 65.3 Å². The van der Waals surface area contributed by atoms with Gasteiger partial charge in [-0.1, -0.05) is 42.5 Å². The molecule has 1 atom stereocenters. The van der Waals surface area contributed by atoms with Crippen LogP contribution in [0.25, 0.3) is 10.8 Å². The minimum absolute atomic E-state index is 0.0549. The average molecular weight is 363 g/mol. The van der Waals surface area contributed by atoms with Crippen molar-refractivity contribution in [3.63, 3.8) is 0 Å². The number of amides is 3. The molecule has 1 saturated heterocycles. The Morgan fingerprint density at radius 2 is 1.96 bits per heavy atom. The maximum Gasteiger partial charge on any atom is 0.315 e. The molecule has 1 fully saturated rings. The van der Waals surface area contributed by atoms with Crippen LogP contribution in [-0.2, 0) is 17.9 Å². The Labute approximate surface area is 157 Å². The number of hydrogen-bond donors (Lipinski definition) is 2. The molecule has 0 bridgehead atoms. The summed E-state index contributed by atoms with van der Waals surface area (Å²) in [5, 5.41) is 7.93. The third-order valence-electron chi connectivity index (χ3n) is 4.79. The average Bonchev–Trinajstić information content (AvgIpc) is 3.30. The molecule has 138 valence electrons. The van der Waals surface area contributed by atoms with E-state index < -0.39 is 0 Å². The third-order valence-corrected chi connectivity index (χ3v) is 4.79. The summed E-state index contributed by atoms with van der Waals surface area (Å²) in [6.07, 6.45) is 1.88. The Kier molecular flexibility index (Phi) is 4.78. The van der Waals surface area contributed by atoms with Crippen molar-refractivity contribution in [2.75, 3.05) is 6.54 Å². The molecule has 6 heteroatoms. The van der Waals surface area contributed by atoms with E-state index in [-0.39, 0.29) is 18.0 Å². The van der Waals surface area contributed by atoms with Gasteiger partial charge in [-0.25, -0.2) is 4.79 Å². The van der Waals surface area contributed by atoms with E-state index in [9.17, 15) is 9.59 Å². The molecule has 1 aliphatic heterocycles. The Balaban J connectivity index is 1.35. The molecular formula is C21H21N3O3. The number of carbonyl (C=O) groups is 2. The zero-order valence-electron chi connectivity index (χ0n) is 14.9. The number of urea groups is 1.